The van der Waals surface area contributed by atoms with Crippen LogP contribution in [0.15, 0.2) is 30.5 Å². The molecule has 0 aliphatic rings. The van der Waals surface area contributed by atoms with Crippen molar-refractivity contribution in [3.8, 4) is 0 Å². The van der Waals surface area contributed by atoms with Crippen molar-refractivity contribution in [1.82, 2.24) is 20.4 Å². The molecule has 130 valence electrons. The van der Waals surface area contributed by atoms with Crippen LogP contribution in [0.1, 0.15) is 35.3 Å². The number of carbonyl (C=O) groups excluding carboxylic acids is 1. The van der Waals surface area contributed by atoms with Gasteiger partial charge in [-0.15, -0.1) is 0 Å². The number of rotatable bonds is 4. The third kappa shape index (κ3) is 4.27. The van der Waals surface area contributed by atoms with Crippen LogP contribution < -0.4 is 10.6 Å². The lowest BCUT2D eigenvalue weighted by atomic mass is 10.1. The Morgan fingerprint density at radius 1 is 1.38 bits per heavy atom. The summed E-state index contributed by atoms with van der Waals surface area (Å²) in [5.41, 5.74) is 1.46. The lowest BCUT2D eigenvalue weighted by Gasteiger charge is -2.16. The molecule has 2 aromatic rings. The van der Waals surface area contributed by atoms with E-state index >= 15 is 0 Å². The molecular formula is C16H19F3N4O. The molecule has 1 aromatic heterocycles. The summed E-state index contributed by atoms with van der Waals surface area (Å²) in [5.74, 6) is 0. The molecule has 2 N–H and O–H groups in total. The number of nitrogens with zero attached hydrogens (tertiary/aromatic N) is 2. The maximum absolute atomic E-state index is 12.7. The van der Waals surface area contributed by atoms with E-state index in [0.717, 1.165) is 23.4 Å². The van der Waals surface area contributed by atoms with Gasteiger partial charge in [0.15, 0.2) is 0 Å². The van der Waals surface area contributed by atoms with Crippen LogP contribution in [-0.4, -0.2) is 15.8 Å². The van der Waals surface area contributed by atoms with Gasteiger partial charge in [0.2, 0.25) is 0 Å². The predicted octanol–water partition coefficient (Wildman–Crippen LogP) is 3.31. The van der Waals surface area contributed by atoms with Crippen molar-refractivity contribution in [1.29, 1.82) is 0 Å². The van der Waals surface area contributed by atoms with Gasteiger partial charge in [-0.3, -0.25) is 4.68 Å². The second-order valence-electron chi connectivity index (χ2n) is 5.55. The Morgan fingerprint density at radius 3 is 2.67 bits per heavy atom. The van der Waals surface area contributed by atoms with Gasteiger partial charge < -0.3 is 10.6 Å². The van der Waals surface area contributed by atoms with E-state index in [1.54, 1.807) is 30.9 Å². The molecule has 0 spiro atoms. The smallest absolute Gasteiger partial charge is 0.334 e. The van der Waals surface area contributed by atoms with Gasteiger partial charge >= 0.3 is 12.2 Å². The first-order valence-electron chi connectivity index (χ1n) is 7.37. The Labute approximate surface area is 137 Å². The fourth-order valence-electron chi connectivity index (χ4n) is 2.21. The van der Waals surface area contributed by atoms with Crippen LogP contribution in [0.2, 0.25) is 0 Å². The predicted molar refractivity (Wildman–Crippen MR) is 83.2 cm³/mol. The summed E-state index contributed by atoms with van der Waals surface area (Å²) in [5, 5.41) is 9.37. The lowest BCUT2D eigenvalue weighted by Crippen LogP contribution is -2.36. The number of amides is 2. The van der Waals surface area contributed by atoms with Crippen LogP contribution in [0.4, 0.5) is 18.0 Å². The average Bonchev–Trinajstić information content (AvgIpc) is 2.84. The number of nitrogens with one attached hydrogen (secondary N) is 2. The van der Waals surface area contributed by atoms with Crippen molar-refractivity contribution in [2.45, 2.75) is 32.6 Å². The van der Waals surface area contributed by atoms with E-state index in [1.807, 2.05) is 6.92 Å². The van der Waals surface area contributed by atoms with Gasteiger partial charge in [-0.2, -0.15) is 18.3 Å². The number of aryl methyl sites for hydroxylation is 1. The lowest BCUT2D eigenvalue weighted by molar-refractivity contribution is -0.137. The summed E-state index contributed by atoms with van der Waals surface area (Å²) in [6, 6.07) is 3.90. The van der Waals surface area contributed by atoms with Crippen LogP contribution in [0.3, 0.4) is 0 Å². The second kappa shape index (κ2) is 6.94. The summed E-state index contributed by atoms with van der Waals surface area (Å²) in [4.78, 5) is 11.9. The summed E-state index contributed by atoms with van der Waals surface area (Å²) in [6.45, 7) is 3.80. The van der Waals surface area contributed by atoms with E-state index in [0.29, 0.717) is 12.1 Å². The van der Waals surface area contributed by atoms with Gasteiger partial charge in [-0.05, 0) is 31.5 Å². The summed E-state index contributed by atoms with van der Waals surface area (Å²) in [7, 11) is 1.80. The molecule has 1 heterocycles. The van der Waals surface area contributed by atoms with Crippen molar-refractivity contribution >= 4 is 6.03 Å². The molecule has 0 bridgehead atoms. The van der Waals surface area contributed by atoms with Gasteiger partial charge in [0.05, 0.1) is 17.8 Å². The average molecular weight is 340 g/mol. The zero-order valence-corrected chi connectivity index (χ0v) is 13.6. The monoisotopic (exact) mass is 340 g/mol. The minimum Gasteiger partial charge on any atom is -0.334 e. The fourth-order valence-corrected chi connectivity index (χ4v) is 2.21. The molecule has 5 nitrogen and oxygen atoms in total. The van der Waals surface area contributed by atoms with Gasteiger partial charge in [0.25, 0.3) is 0 Å². The topological polar surface area (TPSA) is 59.0 Å². The third-order valence-electron chi connectivity index (χ3n) is 3.84. The molecule has 2 amide bonds. The molecule has 1 aromatic carbocycles. The van der Waals surface area contributed by atoms with Crippen LogP contribution in [0, 0.1) is 6.92 Å². The van der Waals surface area contributed by atoms with Gasteiger partial charge in [-0.25, -0.2) is 4.79 Å². The number of hydrogen-bond donors (Lipinski definition) is 2. The Morgan fingerprint density at radius 2 is 2.08 bits per heavy atom. The molecule has 1 unspecified atom stereocenters. The third-order valence-corrected chi connectivity index (χ3v) is 3.84. The molecule has 24 heavy (non-hydrogen) atoms. The number of carbonyl (C=O) groups is 1. The van der Waals surface area contributed by atoms with Gasteiger partial charge in [0, 0.05) is 24.8 Å². The highest BCUT2D eigenvalue weighted by Crippen LogP contribution is 2.30. The zero-order chi connectivity index (χ0) is 17.9. The molecule has 0 aliphatic carbocycles. The number of benzene rings is 1. The molecule has 0 fully saturated rings. The molecule has 2 rings (SSSR count). The van der Waals surface area contributed by atoms with Crippen LogP contribution >= 0.6 is 0 Å². The standard InChI is InChI=1S/C16H19F3N4O/c1-10(12-5-4-6-14(7-12)16(17,18)19)22-15(24)20-8-13-9-21-23(3)11(13)2/h4-7,9-10H,8H2,1-3H3,(H2,20,22,24). The number of alkyl halides is 3. The first-order chi connectivity index (χ1) is 11.2. The molecule has 0 saturated heterocycles. The summed E-state index contributed by atoms with van der Waals surface area (Å²) >= 11 is 0. The summed E-state index contributed by atoms with van der Waals surface area (Å²) in [6.07, 6.45) is -2.75. The van der Waals surface area contributed by atoms with E-state index in [1.165, 1.54) is 6.07 Å². The number of aromatic nitrogens is 2. The summed E-state index contributed by atoms with van der Waals surface area (Å²) < 4.78 is 39.9. The van der Waals surface area contributed by atoms with Gasteiger partial charge in [-0.1, -0.05) is 12.1 Å². The molecule has 0 aliphatic heterocycles. The van der Waals surface area contributed by atoms with Crippen LogP contribution in [-0.2, 0) is 19.8 Å². The second-order valence-corrected chi connectivity index (χ2v) is 5.55. The van der Waals surface area contributed by atoms with Gasteiger partial charge in [0.1, 0.15) is 0 Å². The molecular weight excluding hydrogens is 321 g/mol. The SMILES string of the molecule is Cc1c(CNC(=O)NC(C)c2cccc(C(F)(F)F)c2)cnn1C. The van der Waals surface area contributed by atoms with E-state index in [-0.39, 0.29) is 0 Å². The Hall–Kier alpha value is -2.51. The maximum Gasteiger partial charge on any atom is 0.416 e. The van der Waals surface area contributed by atoms with Crippen molar-refractivity contribution in [2.75, 3.05) is 0 Å². The fraction of sp³-hybridized carbons (Fsp3) is 0.375. The number of hydrogen-bond acceptors (Lipinski definition) is 2. The molecule has 0 radical (unpaired) electrons. The first-order valence-corrected chi connectivity index (χ1v) is 7.37. The highest BCUT2D eigenvalue weighted by molar-refractivity contribution is 5.74. The quantitative estimate of drug-likeness (QED) is 0.897. The minimum atomic E-state index is -4.41. The highest BCUT2D eigenvalue weighted by Gasteiger charge is 2.30. The minimum absolute atomic E-state index is 0.292. The Kier molecular flexibility index (Phi) is 5.16. The maximum atomic E-state index is 12.7. The first kappa shape index (κ1) is 17.8. The number of halogens is 3. The highest BCUT2D eigenvalue weighted by atomic mass is 19.4. The molecule has 0 saturated carbocycles. The van der Waals surface area contributed by atoms with E-state index in [4.69, 9.17) is 0 Å². The largest absolute Gasteiger partial charge is 0.416 e. The Bertz CT molecular complexity index is 724. The van der Waals surface area contributed by atoms with Crippen molar-refractivity contribution in [3.63, 3.8) is 0 Å². The van der Waals surface area contributed by atoms with Crippen molar-refractivity contribution < 1.29 is 18.0 Å². The normalized spacial score (nSPS) is 12.8. The van der Waals surface area contributed by atoms with E-state index in [9.17, 15) is 18.0 Å². The van der Waals surface area contributed by atoms with Crippen molar-refractivity contribution in [2.24, 2.45) is 7.05 Å². The number of urea groups is 1. The van der Waals surface area contributed by atoms with E-state index < -0.39 is 23.8 Å². The zero-order valence-electron chi connectivity index (χ0n) is 13.6. The van der Waals surface area contributed by atoms with Crippen LogP contribution in [0.5, 0.6) is 0 Å². The molecule has 8 heteroatoms. The van der Waals surface area contributed by atoms with Crippen LogP contribution in [0.25, 0.3) is 0 Å². The Balaban J connectivity index is 1.95. The van der Waals surface area contributed by atoms with Crippen molar-refractivity contribution in [3.05, 3.63) is 52.8 Å². The van der Waals surface area contributed by atoms with E-state index in [2.05, 4.69) is 15.7 Å². The molecule has 1 atom stereocenters.